The Labute approximate surface area is 141 Å². The molecular formula is C18H19NO4S. The molecule has 0 spiro atoms. The Morgan fingerprint density at radius 3 is 2.71 bits per heavy atom. The van der Waals surface area contributed by atoms with E-state index in [2.05, 4.69) is 5.32 Å². The van der Waals surface area contributed by atoms with E-state index >= 15 is 0 Å². The van der Waals surface area contributed by atoms with Gasteiger partial charge in [0.2, 0.25) is 5.91 Å². The Morgan fingerprint density at radius 1 is 1.17 bits per heavy atom. The molecule has 1 heterocycles. The van der Waals surface area contributed by atoms with Gasteiger partial charge in [-0.25, -0.2) is 8.42 Å². The van der Waals surface area contributed by atoms with Crippen molar-refractivity contribution in [2.75, 3.05) is 12.9 Å². The molecule has 0 fully saturated rings. The molecule has 5 nitrogen and oxygen atoms in total. The number of sulfone groups is 1. The third-order valence-corrected chi connectivity index (χ3v) is 4.76. The minimum Gasteiger partial charge on any atom is -0.492 e. The smallest absolute Gasteiger partial charge is 0.231 e. The van der Waals surface area contributed by atoms with E-state index in [4.69, 9.17) is 4.74 Å². The highest BCUT2D eigenvalue weighted by molar-refractivity contribution is 7.89. The number of ether oxygens (including phenoxy) is 1. The van der Waals surface area contributed by atoms with Gasteiger partial charge in [-0.05, 0) is 17.2 Å². The summed E-state index contributed by atoms with van der Waals surface area (Å²) in [5.74, 6) is 0.361. The minimum absolute atomic E-state index is 0.00136. The lowest BCUT2D eigenvalue weighted by Gasteiger charge is -2.11. The predicted molar refractivity (Wildman–Crippen MR) is 91.5 cm³/mol. The first-order valence-corrected chi connectivity index (χ1v) is 9.73. The summed E-state index contributed by atoms with van der Waals surface area (Å²) >= 11 is 0. The van der Waals surface area contributed by atoms with Crippen molar-refractivity contribution in [1.82, 2.24) is 5.32 Å². The molecule has 0 radical (unpaired) electrons. The van der Waals surface area contributed by atoms with E-state index in [1.54, 1.807) is 18.2 Å². The second kappa shape index (κ2) is 6.65. The molecule has 2 aromatic rings. The predicted octanol–water partition coefficient (Wildman–Crippen LogP) is 2.02. The lowest BCUT2D eigenvalue weighted by atomic mass is 10.0. The Bertz CT molecular complexity index is 861. The monoisotopic (exact) mass is 345 g/mol. The number of para-hydroxylation sites is 1. The molecule has 0 saturated heterocycles. The number of rotatable bonds is 5. The van der Waals surface area contributed by atoms with Crippen LogP contribution in [0.5, 0.6) is 5.75 Å². The summed E-state index contributed by atoms with van der Waals surface area (Å²) in [7, 11) is -3.08. The van der Waals surface area contributed by atoms with Gasteiger partial charge >= 0.3 is 0 Å². The fourth-order valence-electron chi connectivity index (χ4n) is 2.82. The van der Waals surface area contributed by atoms with Crippen LogP contribution >= 0.6 is 0 Å². The first-order chi connectivity index (χ1) is 11.4. The van der Waals surface area contributed by atoms with Crippen LogP contribution in [0.25, 0.3) is 0 Å². The van der Waals surface area contributed by atoms with Gasteiger partial charge in [-0.2, -0.15) is 0 Å². The Kier molecular flexibility index (Phi) is 4.57. The fraction of sp³-hybridized carbons (Fsp3) is 0.278. The number of carbonyl (C=O) groups excluding carboxylic acids is 1. The van der Waals surface area contributed by atoms with Crippen LogP contribution in [0.4, 0.5) is 0 Å². The first kappa shape index (κ1) is 16.5. The standard InChI is InChI=1S/C18H19NO4S/c1-24(21,22)12-14-6-4-5-13(9-14)10-19-18(20)16-11-23-17-8-3-2-7-15(16)17/h2-9,16H,10-12H2,1H3,(H,19,20)/t16-/m1/s1. The van der Waals surface area contributed by atoms with E-state index in [9.17, 15) is 13.2 Å². The van der Waals surface area contributed by atoms with E-state index in [0.717, 1.165) is 22.4 Å². The molecule has 0 aliphatic carbocycles. The molecule has 6 heteroatoms. The second-order valence-electron chi connectivity index (χ2n) is 6.01. The maximum Gasteiger partial charge on any atom is 0.231 e. The molecule has 1 atom stereocenters. The summed E-state index contributed by atoms with van der Waals surface area (Å²) in [6.45, 7) is 0.703. The fourth-order valence-corrected chi connectivity index (χ4v) is 3.61. The second-order valence-corrected chi connectivity index (χ2v) is 8.15. The zero-order valence-corrected chi connectivity index (χ0v) is 14.2. The lowest BCUT2D eigenvalue weighted by molar-refractivity contribution is -0.122. The number of carbonyl (C=O) groups is 1. The Morgan fingerprint density at radius 2 is 1.92 bits per heavy atom. The van der Waals surface area contributed by atoms with Gasteiger partial charge in [0.05, 0.1) is 5.75 Å². The van der Waals surface area contributed by atoms with Crippen molar-refractivity contribution in [3.63, 3.8) is 0 Å². The highest BCUT2D eigenvalue weighted by Crippen LogP contribution is 2.33. The zero-order chi connectivity index (χ0) is 17.2. The van der Waals surface area contributed by atoms with Gasteiger partial charge in [0.1, 0.15) is 18.3 Å². The molecule has 1 amide bonds. The van der Waals surface area contributed by atoms with Gasteiger partial charge in [0.25, 0.3) is 0 Å². The van der Waals surface area contributed by atoms with Crippen molar-refractivity contribution in [3.8, 4) is 5.75 Å². The molecule has 0 bridgehead atoms. The molecule has 0 saturated carbocycles. The minimum atomic E-state index is -3.08. The van der Waals surface area contributed by atoms with Crippen molar-refractivity contribution in [2.24, 2.45) is 0 Å². The molecule has 1 N–H and O–H groups in total. The molecule has 1 aliphatic heterocycles. The topological polar surface area (TPSA) is 72.5 Å². The van der Waals surface area contributed by atoms with E-state index in [1.807, 2.05) is 30.3 Å². The number of hydrogen-bond acceptors (Lipinski definition) is 4. The first-order valence-electron chi connectivity index (χ1n) is 7.67. The van der Waals surface area contributed by atoms with Crippen LogP contribution in [0.2, 0.25) is 0 Å². The summed E-state index contributed by atoms with van der Waals surface area (Å²) in [5.41, 5.74) is 2.50. The highest BCUT2D eigenvalue weighted by Gasteiger charge is 2.29. The third kappa shape index (κ3) is 3.94. The molecule has 0 aromatic heterocycles. The van der Waals surface area contributed by atoms with Crippen LogP contribution in [0.15, 0.2) is 48.5 Å². The summed E-state index contributed by atoms with van der Waals surface area (Å²) in [5, 5.41) is 2.90. The van der Waals surface area contributed by atoms with Gasteiger partial charge in [-0.15, -0.1) is 0 Å². The molecule has 1 aliphatic rings. The number of nitrogens with one attached hydrogen (secondary N) is 1. The van der Waals surface area contributed by atoms with Crippen molar-refractivity contribution in [3.05, 3.63) is 65.2 Å². The molecule has 24 heavy (non-hydrogen) atoms. The van der Waals surface area contributed by atoms with Crippen molar-refractivity contribution in [1.29, 1.82) is 0 Å². The van der Waals surface area contributed by atoms with Crippen LogP contribution in [0, 0.1) is 0 Å². The van der Waals surface area contributed by atoms with Gasteiger partial charge in [-0.1, -0.05) is 42.5 Å². The lowest BCUT2D eigenvalue weighted by Crippen LogP contribution is -2.29. The molecule has 3 rings (SSSR count). The maximum absolute atomic E-state index is 12.4. The van der Waals surface area contributed by atoms with E-state index in [-0.39, 0.29) is 17.6 Å². The summed E-state index contributed by atoms with van der Waals surface area (Å²) in [6.07, 6.45) is 1.21. The normalized spacial score (nSPS) is 16.3. The molecule has 0 unspecified atom stereocenters. The zero-order valence-electron chi connectivity index (χ0n) is 13.4. The molecular weight excluding hydrogens is 326 g/mol. The van der Waals surface area contributed by atoms with Crippen molar-refractivity contribution >= 4 is 15.7 Å². The average molecular weight is 345 g/mol. The van der Waals surface area contributed by atoms with Crippen LogP contribution in [0.3, 0.4) is 0 Å². The van der Waals surface area contributed by atoms with Crippen molar-refractivity contribution < 1.29 is 17.9 Å². The molecule has 2 aromatic carbocycles. The average Bonchev–Trinajstić information content (AvgIpc) is 2.95. The molecule has 126 valence electrons. The van der Waals surface area contributed by atoms with Crippen LogP contribution in [0.1, 0.15) is 22.6 Å². The quantitative estimate of drug-likeness (QED) is 0.900. The largest absolute Gasteiger partial charge is 0.492 e. The number of amides is 1. The number of hydrogen-bond donors (Lipinski definition) is 1. The van der Waals surface area contributed by atoms with E-state index < -0.39 is 9.84 Å². The maximum atomic E-state index is 12.4. The van der Waals surface area contributed by atoms with E-state index in [0.29, 0.717) is 13.2 Å². The Balaban J connectivity index is 1.64. The van der Waals surface area contributed by atoms with E-state index in [1.165, 1.54) is 6.26 Å². The van der Waals surface area contributed by atoms with Gasteiger partial charge in [-0.3, -0.25) is 4.79 Å². The summed E-state index contributed by atoms with van der Waals surface area (Å²) in [4.78, 5) is 12.4. The van der Waals surface area contributed by atoms with Gasteiger partial charge < -0.3 is 10.1 Å². The third-order valence-electron chi connectivity index (χ3n) is 3.90. The SMILES string of the molecule is CS(=O)(=O)Cc1cccc(CNC(=O)[C@@H]2COc3ccccc32)c1. The Hall–Kier alpha value is -2.34. The van der Waals surface area contributed by atoms with Crippen molar-refractivity contribution in [2.45, 2.75) is 18.2 Å². The van der Waals surface area contributed by atoms with Gasteiger partial charge in [0, 0.05) is 18.4 Å². The number of benzene rings is 2. The highest BCUT2D eigenvalue weighted by atomic mass is 32.2. The van der Waals surface area contributed by atoms with Crippen LogP contribution in [-0.4, -0.2) is 27.2 Å². The van der Waals surface area contributed by atoms with Gasteiger partial charge in [0.15, 0.2) is 9.84 Å². The van der Waals surface area contributed by atoms with Crippen LogP contribution < -0.4 is 10.1 Å². The summed E-state index contributed by atoms with van der Waals surface area (Å²) < 4.78 is 28.3. The van der Waals surface area contributed by atoms with Crippen LogP contribution in [-0.2, 0) is 26.9 Å². The number of fused-ring (bicyclic) bond motifs is 1. The summed E-state index contributed by atoms with van der Waals surface area (Å²) in [6, 6.07) is 14.8.